The van der Waals surface area contributed by atoms with Crippen LogP contribution in [-0.4, -0.2) is 34.8 Å². The Morgan fingerprint density at radius 1 is 1.27 bits per heavy atom. The van der Waals surface area contributed by atoms with Gasteiger partial charge in [-0.1, -0.05) is 18.2 Å². The lowest BCUT2D eigenvalue weighted by Gasteiger charge is -2.38. The molecule has 1 aromatic heterocycles. The van der Waals surface area contributed by atoms with E-state index < -0.39 is 0 Å². The molecule has 2 N–H and O–H groups in total. The summed E-state index contributed by atoms with van der Waals surface area (Å²) in [5.74, 6) is 1.11. The number of benzene rings is 1. The summed E-state index contributed by atoms with van der Waals surface area (Å²) in [5.41, 5.74) is 1.91. The Balaban J connectivity index is 1.59. The van der Waals surface area contributed by atoms with Gasteiger partial charge in [-0.3, -0.25) is 9.78 Å². The average Bonchev–Trinajstić information content (AvgIpc) is 2.61. The Morgan fingerprint density at radius 3 is 2.65 bits per heavy atom. The normalized spacial score (nSPS) is 20.1. The molecule has 1 amide bonds. The number of nitrogens with zero attached hydrogens (tertiary/aromatic N) is 1. The first kappa shape index (κ1) is 18.4. The Labute approximate surface area is 154 Å². The molecule has 2 aromatic rings. The van der Waals surface area contributed by atoms with Gasteiger partial charge in [-0.05, 0) is 55.5 Å². The fourth-order valence-electron chi connectivity index (χ4n) is 3.35. The smallest absolute Gasteiger partial charge is 0.224 e. The second-order valence-corrected chi connectivity index (χ2v) is 6.84. The van der Waals surface area contributed by atoms with Crippen LogP contribution in [0.1, 0.15) is 31.0 Å². The summed E-state index contributed by atoms with van der Waals surface area (Å²) in [7, 11) is 0. The molecule has 0 saturated heterocycles. The van der Waals surface area contributed by atoms with Gasteiger partial charge < -0.3 is 15.2 Å². The monoisotopic (exact) mass is 354 g/mol. The van der Waals surface area contributed by atoms with Crippen molar-refractivity contribution in [1.82, 2.24) is 10.3 Å². The summed E-state index contributed by atoms with van der Waals surface area (Å²) in [5, 5.41) is 12.8. The van der Waals surface area contributed by atoms with E-state index >= 15 is 0 Å². The van der Waals surface area contributed by atoms with Crippen LogP contribution in [0.3, 0.4) is 0 Å². The molecule has 5 heteroatoms. The van der Waals surface area contributed by atoms with Crippen LogP contribution in [-0.2, 0) is 17.6 Å². The largest absolute Gasteiger partial charge is 0.494 e. The Kier molecular flexibility index (Phi) is 6.23. The minimum Gasteiger partial charge on any atom is -0.494 e. The minimum absolute atomic E-state index is 0.00324. The molecule has 1 unspecified atom stereocenters. The molecule has 0 radical (unpaired) electrons. The van der Waals surface area contributed by atoms with Crippen molar-refractivity contribution in [1.29, 1.82) is 0 Å². The molecule has 0 aliphatic heterocycles. The number of nitrogens with one attached hydrogen (secondary N) is 1. The van der Waals surface area contributed by atoms with Crippen LogP contribution in [0.25, 0.3) is 0 Å². The van der Waals surface area contributed by atoms with Crippen molar-refractivity contribution in [3.63, 3.8) is 0 Å². The van der Waals surface area contributed by atoms with Crippen LogP contribution in [0.5, 0.6) is 5.75 Å². The van der Waals surface area contributed by atoms with Gasteiger partial charge in [0.25, 0.3) is 0 Å². The maximum Gasteiger partial charge on any atom is 0.224 e. The van der Waals surface area contributed by atoms with Crippen molar-refractivity contribution < 1.29 is 14.6 Å². The summed E-state index contributed by atoms with van der Waals surface area (Å²) in [6.07, 6.45) is 4.02. The molecular formula is C21H26N2O3. The lowest BCUT2D eigenvalue weighted by atomic mass is 9.76. The van der Waals surface area contributed by atoms with Gasteiger partial charge in [-0.15, -0.1) is 0 Å². The van der Waals surface area contributed by atoms with Crippen LogP contribution in [0.2, 0.25) is 0 Å². The average molecular weight is 354 g/mol. The molecule has 1 aliphatic rings. The molecule has 138 valence electrons. The SMILES string of the molecule is CCOc1ccc(CC(=O)NC(Cc2ccccn2)C2CC(O)C2)cc1. The molecule has 1 aliphatic carbocycles. The van der Waals surface area contributed by atoms with Gasteiger partial charge in [0, 0.05) is 24.4 Å². The summed E-state index contributed by atoms with van der Waals surface area (Å²) in [6, 6.07) is 13.4. The number of rotatable bonds is 8. The molecule has 5 nitrogen and oxygen atoms in total. The molecule has 0 bridgehead atoms. The van der Waals surface area contributed by atoms with Gasteiger partial charge in [-0.25, -0.2) is 0 Å². The first-order valence-corrected chi connectivity index (χ1v) is 9.23. The number of aliphatic hydroxyl groups is 1. The fourth-order valence-corrected chi connectivity index (χ4v) is 3.35. The van der Waals surface area contributed by atoms with Crippen molar-refractivity contribution in [3.05, 3.63) is 59.9 Å². The maximum atomic E-state index is 12.5. The number of carbonyl (C=O) groups is 1. The molecule has 0 spiro atoms. The quantitative estimate of drug-likeness (QED) is 0.764. The van der Waals surface area contributed by atoms with Gasteiger partial charge in [0.1, 0.15) is 5.75 Å². The summed E-state index contributed by atoms with van der Waals surface area (Å²) < 4.78 is 5.43. The van der Waals surface area contributed by atoms with E-state index in [0.717, 1.165) is 29.8 Å². The number of hydrogen-bond donors (Lipinski definition) is 2. The molecule has 26 heavy (non-hydrogen) atoms. The van der Waals surface area contributed by atoms with Gasteiger partial charge in [0.2, 0.25) is 5.91 Å². The lowest BCUT2D eigenvalue weighted by molar-refractivity contribution is -0.122. The number of hydrogen-bond acceptors (Lipinski definition) is 4. The molecule has 1 heterocycles. The molecule has 1 fully saturated rings. The summed E-state index contributed by atoms with van der Waals surface area (Å²) >= 11 is 0. The highest BCUT2D eigenvalue weighted by atomic mass is 16.5. The standard InChI is InChI=1S/C21H26N2O3/c1-2-26-19-8-6-15(7-9-19)11-21(25)23-20(16-12-18(24)13-16)14-17-5-3-4-10-22-17/h3-10,16,18,20,24H,2,11-14H2,1H3,(H,23,25). The van der Waals surface area contributed by atoms with Gasteiger partial charge in [-0.2, -0.15) is 0 Å². The third kappa shape index (κ3) is 5.05. The number of pyridine rings is 1. The van der Waals surface area contributed by atoms with E-state index in [2.05, 4.69) is 10.3 Å². The minimum atomic E-state index is -0.241. The van der Waals surface area contributed by atoms with Crippen LogP contribution >= 0.6 is 0 Å². The molecule has 1 aromatic carbocycles. The molecule has 1 saturated carbocycles. The molecule has 3 rings (SSSR count). The fraction of sp³-hybridized carbons (Fsp3) is 0.429. The van der Waals surface area contributed by atoms with Crippen LogP contribution in [0, 0.1) is 5.92 Å². The Hall–Kier alpha value is -2.40. The predicted octanol–water partition coefficient (Wildman–Crippen LogP) is 2.52. The number of ether oxygens (including phenoxy) is 1. The second kappa shape index (κ2) is 8.81. The number of aromatic nitrogens is 1. The van der Waals surface area contributed by atoms with E-state index in [1.165, 1.54) is 0 Å². The first-order chi connectivity index (χ1) is 12.6. The van der Waals surface area contributed by atoms with Crippen molar-refractivity contribution in [2.45, 2.75) is 44.8 Å². The zero-order valence-corrected chi connectivity index (χ0v) is 15.1. The molecular weight excluding hydrogens is 328 g/mol. The lowest BCUT2D eigenvalue weighted by Crippen LogP contribution is -2.48. The van der Waals surface area contributed by atoms with Crippen LogP contribution in [0.15, 0.2) is 48.7 Å². The number of carbonyl (C=O) groups excluding carboxylic acids is 1. The number of amides is 1. The zero-order chi connectivity index (χ0) is 18.4. The molecule has 1 atom stereocenters. The third-order valence-electron chi connectivity index (χ3n) is 4.82. The predicted molar refractivity (Wildman–Crippen MR) is 99.9 cm³/mol. The summed E-state index contributed by atoms with van der Waals surface area (Å²) in [4.78, 5) is 16.9. The Bertz CT molecular complexity index is 697. The van der Waals surface area contributed by atoms with Crippen LogP contribution in [0.4, 0.5) is 0 Å². The zero-order valence-electron chi connectivity index (χ0n) is 15.1. The highest BCUT2D eigenvalue weighted by Gasteiger charge is 2.34. The van der Waals surface area contributed by atoms with E-state index in [-0.39, 0.29) is 18.1 Å². The third-order valence-corrected chi connectivity index (χ3v) is 4.82. The van der Waals surface area contributed by atoms with Crippen molar-refractivity contribution in [2.24, 2.45) is 5.92 Å². The topological polar surface area (TPSA) is 71.5 Å². The van der Waals surface area contributed by atoms with Crippen LogP contribution < -0.4 is 10.1 Å². The van der Waals surface area contributed by atoms with E-state index in [1.807, 2.05) is 49.4 Å². The maximum absolute atomic E-state index is 12.5. The summed E-state index contributed by atoms with van der Waals surface area (Å²) in [6.45, 7) is 2.57. The Morgan fingerprint density at radius 2 is 2.04 bits per heavy atom. The van der Waals surface area contributed by atoms with E-state index in [9.17, 15) is 9.90 Å². The second-order valence-electron chi connectivity index (χ2n) is 6.84. The van der Waals surface area contributed by atoms with E-state index in [4.69, 9.17) is 4.74 Å². The first-order valence-electron chi connectivity index (χ1n) is 9.23. The van der Waals surface area contributed by atoms with E-state index in [0.29, 0.717) is 25.4 Å². The van der Waals surface area contributed by atoms with Crippen molar-refractivity contribution >= 4 is 5.91 Å². The van der Waals surface area contributed by atoms with E-state index in [1.54, 1.807) is 6.20 Å². The van der Waals surface area contributed by atoms with Gasteiger partial charge >= 0.3 is 0 Å². The highest BCUT2D eigenvalue weighted by molar-refractivity contribution is 5.79. The number of aliphatic hydroxyl groups excluding tert-OH is 1. The van der Waals surface area contributed by atoms with Gasteiger partial charge in [0.05, 0.1) is 19.1 Å². The van der Waals surface area contributed by atoms with Crippen molar-refractivity contribution in [2.75, 3.05) is 6.61 Å². The highest BCUT2D eigenvalue weighted by Crippen LogP contribution is 2.31. The van der Waals surface area contributed by atoms with Crippen molar-refractivity contribution in [3.8, 4) is 5.75 Å². The van der Waals surface area contributed by atoms with Gasteiger partial charge in [0.15, 0.2) is 0 Å².